The molecule has 0 aliphatic carbocycles. The van der Waals surface area contributed by atoms with Crippen LogP contribution in [0, 0.1) is 13.8 Å². The smallest absolute Gasteiger partial charge is 0.0326 e. The number of hydrogen-bond acceptors (Lipinski definition) is 1. The van der Waals surface area contributed by atoms with E-state index in [4.69, 9.17) is 0 Å². The summed E-state index contributed by atoms with van der Waals surface area (Å²) in [6, 6.07) is 7.20. The van der Waals surface area contributed by atoms with Gasteiger partial charge in [0, 0.05) is 6.04 Å². The van der Waals surface area contributed by atoms with Gasteiger partial charge in [0.15, 0.2) is 0 Å². The zero-order chi connectivity index (χ0) is 13.5. The van der Waals surface area contributed by atoms with Crippen molar-refractivity contribution < 1.29 is 0 Å². The molecule has 0 amide bonds. The minimum Gasteiger partial charge on any atom is -0.310 e. The van der Waals surface area contributed by atoms with Crippen molar-refractivity contribution in [2.45, 2.75) is 53.0 Å². The van der Waals surface area contributed by atoms with Crippen LogP contribution in [0.2, 0.25) is 0 Å². The third-order valence-corrected chi connectivity index (χ3v) is 3.31. The summed E-state index contributed by atoms with van der Waals surface area (Å²) in [5, 5.41) is 3.67. The fraction of sp³-hybridized carbons (Fsp3) is 0.529. The molecule has 0 heterocycles. The maximum Gasteiger partial charge on any atom is 0.0326 e. The molecule has 0 radical (unpaired) electrons. The summed E-state index contributed by atoms with van der Waals surface area (Å²) < 4.78 is 0. The molecule has 1 atom stereocenters. The zero-order valence-electron chi connectivity index (χ0n) is 12.3. The van der Waals surface area contributed by atoms with E-state index in [-0.39, 0.29) is 0 Å². The first-order chi connectivity index (χ1) is 8.54. The lowest BCUT2D eigenvalue weighted by atomic mass is 9.94. The summed E-state index contributed by atoms with van der Waals surface area (Å²) in [5.41, 5.74) is 5.44. The van der Waals surface area contributed by atoms with Gasteiger partial charge < -0.3 is 5.32 Å². The van der Waals surface area contributed by atoms with Crippen molar-refractivity contribution in [3.05, 3.63) is 47.0 Å². The van der Waals surface area contributed by atoms with E-state index in [0.29, 0.717) is 6.04 Å². The molecule has 1 rings (SSSR count). The lowest BCUT2D eigenvalue weighted by Crippen LogP contribution is -2.23. The number of aryl methyl sites for hydroxylation is 2. The molecular weight excluding hydrogens is 218 g/mol. The number of nitrogens with one attached hydrogen (secondary N) is 1. The summed E-state index contributed by atoms with van der Waals surface area (Å²) in [6.45, 7) is 13.8. The van der Waals surface area contributed by atoms with E-state index in [1.54, 1.807) is 0 Å². The van der Waals surface area contributed by atoms with Gasteiger partial charge in [-0.15, -0.1) is 6.58 Å². The highest BCUT2D eigenvalue weighted by Gasteiger charge is 2.13. The molecule has 1 nitrogen and oxygen atoms in total. The Labute approximate surface area is 112 Å². The van der Waals surface area contributed by atoms with Gasteiger partial charge in [-0.25, -0.2) is 0 Å². The van der Waals surface area contributed by atoms with Crippen molar-refractivity contribution in [2.75, 3.05) is 6.54 Å². The highest BCUT2D eigenvalue weighted by Crippen LogP contribution is 2.24. The predicted molar refractivity (Wildman–Crippen MR) is 81.0 cm³/mol. The Kier molecular flexibility index (Phi) is 6.14. The number of benzene rings is 1. The molecule has 0 saturated carbocycles. The largest absolute Gasteiger partial charge is 0.310 e. The molecule has 0 aliphatic heterocycles. The fourth-order valence-electron chi connectivity index (χ4n) is 2.21. The van der Waals surface area contributed by atoms with Crippen LogP contribution in [-0.2, 0) is 0 Å². The van der Waals surface area contributed by atoms with E-state index in [1.165, 1.54) is 28.7 Å². The van der Waals surface area contributed by atoms with Crippen LogP contribution in [-0.4, -0.2) is 6.54 Å². The minimum absolute atomic E-state index is 0.460. The van der Waals surface area contributed by atoms with E-state index < -0.39 is 0 Å². The van der Waals surface area contributed by atoms with Crippen LogP contribution in [0.25, 0.3) is 0 Å². The van der Waals surface area contributed by atoms with E-state index in [2.05, 4.69) is 57.8 Å². The highest BCUT2D eigenvalue weighted by molar-refractivity contribution is 5.33. The van der Waals surface area contributed by atoms with Crippen molar-refractivity contribution in [3.63, 3.8) is 0 Å². The molecule has 1 heteroatoms. The molecule has 0 aliphatic rings. The van der Waals surface area contributed by atoms with E-state index in [9.17, 15) is 0 Å². The summed E-state index contributed by atoms with van der Waals surface area (Å²) >= 11 is 0. The molecule has 0 bridgehead atoms. The van der Waals surface area contributed by atoms with Gasteiger partial charge in [-0.2, -0.15) is 0 Å². The van der Waals surface area contributed by atoms with Gasteiger partial charge in [-0.05, 0) is 57.7 Å². The van der Waals surface area contributed by atoms with Crippen LogP contribution in [0.1, 0.15) is 55.8 Å². The highest BCUT2D eigenvalue weighted by atomic mass is 14.9. The van der Waals surface area contributed by atoms with Crippen molar-refractivity contribution in [1.82, 2.24) is 5.32 Å². The van der Waals surface area contributed by atoms with Crippen LogP contribution < -0.4 is 5.32 Å². The third-order valence-electron chi connectivity index (χ3n) is 3.31. The predicted octanol–water partition coefficient (Wildman–Crippen LogP) is 4.70. The monoisotopic (exact) mass is 245 g/mol. The maximum atomic E-state index is 4.01. The molecule has 0 aromatic heterocycles. The summed E-state index contributed by atoms with van der Waals surface area (Å²) in [4.78, 5) is 0. The van der Waals surface area contributed by atoms with Crippen LogP contribution >= 0.6 is 0 Å². The molecule has 1 N–H and O–H groups in total. The van der Waals surface area contributed by atoms with Crippen LogP contribution in [0.5, 0.6) is 0 Å². The van der Waals surface area contributed by atoms with Crippen molar-refractivity contribution in [1.29, 1.82) is 0 Å². The lowest BCUT2D eigenvalue weighted by molar-refractivity contribution is 0.496. The van der Waals surface area contributed by atoms with Gasteiger partial charge in [0.05, 0.1) is 0 Å². The third kappa shape index (κ3) is 4.66. The topological polar surface area (TPSA) is 12.0 Å². The molecular formula is C17H27N. The quantitative estimate of drug-likeness (QED) is 0.687. The maximum absolute atomic E-state index is 4.01. The Morgan fingerprint density at radius 3 is 2.67 bits per heavy atom. The van der Waals surface area contributed by atoms with Crippen LogP contribution in [0.15, 0.2) is 30.4 Å². The SMILES string of the molecule is C=C(C)CCC(NCCC)c1cc(C)ccc1C. The molecule has 0 fully saturated rings. The van der Waals surface area contributed by atoms with Crippen molar-refractivity contribution >= 4 is 0 Å². The molecule has 1 unspecified atom stereocenters. The van der Waals surface area contributed by atoms with E-state index >= 15 is 0 Å². The van der Waals surface area contributed by atoms with Crippen molar-refractivity contribution in [2.24, 2.45) is 0 Å². The average molecular weight is 245 g/mol. The first kappa shape index (κ1) is 15.0. The summed E-state index contributed by atoms with van der Waals surface area (Å²) in [5.74, 6) is 0. The number of hydrogen-bond donors (Lipinski definition) is 1. The standard InChI is InChI=1S/C17H27N/c1-6-11-18-17(10-7-13(2)3)16-12-14(4)8-9-15(16)5/h8-9,12,17-18H,2,6-7,10-11H2,1,3-5H3. The van der Waals surface area contributed by atoms with Gasteiger partial charge in [0.25, 0.3) is 0 Å². The van der Waals surface area contributed by atoms with Gasteiger partial charge in [-0.3, -0.25) is 0 Å². The second kappa shape index (κ2) is 7.38. The molecule has 1 aromatic rings. The van der Waals surface area contributed by atoms with Crippen LogP contribution in [0.4, 0.5) is 0 Å². The Hall–Kier alpha value is -1.08. The average Bonchev–Trinajstić information content (AvgIpc) is 2.32. The molecule has 0 saturated heterocycles. The van der Waals surface area contributed by atoms with Gasteiger partial charge in [0.1, 0.15) is 0 Å². The van der Waals surface area contributed by atoms with Gasteiger partial charge in [-0.1, -0.05) is 36.3 Å². The second-order valence-corrected chi connectivity index (χ2v) is 5.36. The number of rotatable bonds is 7. The summed E-state index contributed by atoms with van der Waals surface area (Å²) in [7, 11) is 0. The first-order valence-corrected chi connectivity index (χ1v) is 6.99. The van der Waals surface area contributed by atoms with E-state index in [1.807, 2.05) is 0 Å². The van der Waals surface area contributed by atoms with Gasteiger partial charge >= 0.3 is 0 Å². The Morgan fingerprint density at radius 1 is 1.33 bits per heavy atom. The van der Waals surface area contributed by atoms with Crippen molar-refractivity contribution in [3.8, 4) is 0 Å². The zero-order valence-corrected chi connectivity index (χ0v) is 12.3. The Morgan fingerprint density at radius 2 is 2.06 bits per heavy atom. The summed E-state index contributed by atoms with van der Waals surface area (Å²) in [6.07, 6.45) is 3.41. The molecule has 1 aromatic carbocycles. The normalized spacial score (nSPS) is 12.4. The molecule has 0 spiro atoms. The molecule has 100 valence electrons. The fourth-order valence-corrected chi connectivity index (χ4v) is 2.21. The molecule has 18 heavy (non-hydrogen) atoms. The van der Waals surface area contributed by atoms with Crippen LogP contribution in [0.3, 0.4) is 0 Å². The lowest BCUT2D eigenvalue weighted by Gasteiger charge is -2.21. The minimum atomic E-state index is 0.460. The van der Waals surface area contributed by atoms with E-state index in [0.717, 1.165) is 19.4 Å². The Bertz CT molecular complexity index is 393. The Balaban J connectivity index is 2.85. The first-order valence-electron chi connectivity index (χ1n) is 6.99. The van der Waals surface area contributed by atoms with Gasteiger partial charge in [0.2, 0.25) is 0 Å². The second-order valence-electron chi connectivity index (χ2n) is 5.36. The number of allylic oxidation sites excluding steroid dienone is 1.